The van der Waals surface area contributed by atoms with E-state index in [-0.39, 0.29) is 11.4 Å². The third-order valence-corrected chi connectivity index (χ3v) is 4.71. The maximum absolute atomic E-state index is 13.1. The molecule has 7 nitrogen and oxygen atoms in total. The van der Waals surface area contributed by atoms with Crippen LogP contribution < -0.4 is 9.80 Å². The summed E-state index contributed by atoms with van der Waals surface area (Å²) in [4.78, 5) is 25.6. The zero-order valence-corrected chi connectivity index (χ0v) is 15.7. The molecular formula is C20H22N6O. The van der Waals surface area contributed by atoms with Gasteiger partial charge in [-0.25, -0.2) is 14.6 Å². The average Bonchev–Trinajstić information content (AvgIpc) is 3.21. The largest absolute Gasteiger partial charge is 0.363 e. The minimum Gasteiger partial charge on any atom is -0.363 e. The molecule has 2 aromatic heterocycles. The second-order valence-electron chi connectivity index (χ2n) is 7.51. The van der Waals surface area contributed by atoms with Gasteiger partial charge in [-0.3, -0.25) is 4.79 Å². The lowest BCUT2D eigenvalue weighted by Crippen LogP contribution is -2.51. The topological polar surface area (TPSA) is 67.2 Å². The highest BCUT2D eigenvalue weighted by Gasteiger charge is 2.32. The number of benzene rings is 1. The number of carbonyl (C=O) groups excluding carboxylic acids is 1. The number of nitrogens with zero attached hydrogens (tertiary/aromatic N) is 6. The molecular weight excluding hydrogens is 340 g/mol. The maximum Gasteiger partial charge on any atom is 0.259 e. The van der Waals surface area contributed by atoms with Gasteiger partial charge in [0.1, 0.15) is 12.7 Å². The van der Waals surface area contributed by atoms with Crippen LogP contribution in [0.4, 0.5) is 11.4 Å². The molecule has 0 saturated carbocycles. The van der Waals surface area contributed by atoms with Crippen LogP contribution in [0.1, 0.15) is 31.1 Å². The van der Waals surface area contributed by atoms with E-state index in [1.54, 1.807) is 29.3 Å². The predicted octanol–water partition coefficient (Wildman–Crippen LogP) is 2.93. The molecule has 4 rings (SSSR count). The van der Waals surface area contributed by atoms with E-state index in [2.05, 4.69) is 46.8 Å². The predicted molar refractivity (Wildman–Crippen MR) is 104 cm³/mol. The Balaban J connectivity index is 1.64. The molecule has 1 aliphatic rings. The van der Waals surface area contributed by atoms with Crippen molar-refractivity contribution in [2.75, 3.05) is 22.9 Å². The summed E-state index contributed by atoms with van der Waals surface area (Å²) >= 11 is 0. The van der Waals surface area contributed by atoms with E-state index < -0.39 is 0 Å². The molecule has 0 N–H and O–H groups in total. The fraction of sp³-hybridized carbons (Fsp3) is 0.300. The van der Waals surface area contributed by atoms with Gasteiger partial charge in [0, 0.05) is 24.8 Å². The minimum atomic E-state index is -0.0475. The van der Waals surface area contributed by atoms with Crippen molar-refractivity contribution in [2.45, 2.75) is 26.3 Å². The normalized spacial score (nSPS) is 14.2. The van der Waals surface area contributed by atoms with Crippen LogP contribution in [0, 0.1) is 0 Å². The van der Waals surface area contributed by atoms with Crippen LogP contribution in [0.15, 0.2) is 55.2 Å². The molecule has 1 aromatic carbocycles. The number of hydrogen-bond donors (Lipinski definition) is 0. The number of amides is 1. The van der Waals surface area contributed by atoms with Crippen molar-refractivity contribution in [3.63, 3.8) is 0 Å². The Morgan fingerprint density at radius 1 is 1.04 bits per heavy atom. The molecule has 0 saturated heterocycles. The molecule has 0 fully saturated rings. The van der Waals surface area contributed by atoms with Crippen LogP contribution in [0.25, 0.3) is 5.82 Å². The quantitative estimate of drug-likeness (QED) is 0.701. The van der Waals surface area contributed by atoms with Gasteiger partial charge in [0.05, 0.1) is 16.9 Å². The molecule has 138 valence electrons. The number of pyridine rings is 1. The van der Waals surface area contributed by atoms with Gasteiger partial charge in [-0.1, -0.05) is 12.1 Å². The van der Waals surface area contributed by atoms with E-state index in [0.29, 0.717) is 17.9 Å². The molecule has 3 aromatic rings. The molecule has 7 heteroatoms. The smallest absolute Gasteiger partial charge is 0.259 e. The summed E-state index contributed by atoms with van der Waals surface area (Å²) in [6, 6.07) is 11.6. The van der Waals surface area contributed by atoms with Crippen molar-refractivity contribution in [2.24, 2.45) is 0 Å². The zero-order chi connectivity index (χ0) is 19.0. The summed E-state index contributed by atoms with van der Waals surface area (Å²) < 4.78 is 1.56. The molecule has 27 heavy (non-hydrogen) atoms. The van der Waals surface area contributed by atoms with E-state index in [4.69, 9.17) is 0 Å². The summed E-state index contributed by atoms with van der Waals surface area (Å²) in [7, 11) is 0. The van der Waals surface area contributed by atoms with Crippen molar-refractivity contribution in [1.29, 1.82) is 0 Å². The highest BCUT2D eigenvalue weighted by molar-refractivity contribution is 6.08. The molecule has 0 radical (unpaired) electrons. The molecule has 0 bridgehead atoms. The average molecular weight is 362 g/mol. The molecule has 0 aliphatic carbocycles. The highest BCUT2D eigenvalue weighted by atomic mass is 16.2. The third-order valence-electron chi connectivity index (χ3n) is 4.71. The number of anilines is 2. The van der Waals surface area contributed by atoms with E-state index >= 15 is 0 Å². The second kappa shape index (κ2) is 6.50. The highest BCUT2D eigenvalue weighted by Crippen LogP contribution is 2.37. The van der Waals surface area contributed by atoms with Gasteiger partial charge in [0.2, 0.25) is 0 Å². The Morgan fingerprint density at radius 3 is 2.44 bits per heavy atom. The Labute approximate surface area is 158 Å². The second-order valence-corrected chi connectivity index (χ2v) is 7.51. The lowest BCUT2D eigenvalue weighted by Gasteiger charge is -2.44. The van der Waals surface area contributed by atoms with E-state index in [1.165, 1.54) is 6.33 Å². The zero-order valence-electron chi connectivity index (χ0n) is 15.7. The summed E-state index contributed by atoms with van der Waals surface area (Å²) in [5.41, 5.74) is 2.56. The Bertz CT molecular complexity index is 943. The molecule has 1 amide bonds. The molecule has 0 unspecified atom stereocenters. The van der Waals surface area contributed by atoms with Crippen molar-refractivity contribution in [3.8, 4) is 5.82 Å². The van der Waals surface area contributed by atoms with Gasteiger partial charge in [-0.15, -0.1) is 0 Å². The minimum absolute atomic E-state index is 0.00769. The Morgan fingerprint density at radius 2 is 1.81 bits per heavy atom. The maximum atomic E-state index is 13.1. The van der Waals surface area contributed by atoms with Crippen LogP contribution >= 0.6 is 0 Å². The van der Waals surface area contributed by atoms with Crippen LogP contribution in [0.2, 0.25) is 0 Å². The first-order chi connectivity index (χ1) is 12.9. The number of hydrogen-bond acceptors (Lipinski definition) is 5. The fourth-order valence-electron chi connectivity index (χ4n) is 3.40. The Kier molecular flexibility index (Phi) is 4.14. The van der Waals surface area contributed by atoms with Gasteiger partial charge < -0.3 is 9.80 Å². The van der Waals surface area contributed by atoms with Crippen molar-refractivity contribution in [3.05, 3.63) is 60.8 Å². The fourth-order valence-corrected chi connectivity index (χ4v) is 3.40. The summed E-state index contributed by atoms with van der Waals surface area (Å²) in [6.07, 6.45) is 4.62. The number of rotatable bonds is 2. The lowest BCUT2D eigenvalue weighted by molar-refractivity contribution is 0.0985. The number of para-hydroxylation sites is 2. The van der Waals surface area contributed by atoms with Gasteiger partial charge in [0.25, 0.3) is 5.91 Å². The molecule has 1 aliphatic heterocycles. The van der Waals surface area contributed by atoms with Crippen LogP contribution in [-0.2, 0) is 0 Å². The van der Waals surface area contributed by atoms with E-state index in [9.17, 15) is 4.79 Å². The first kappa shape index (κ1) is 17.2. The third kappa shape index (κ3) is 3.16. The van der Waals surface area contributed by atoms with Crippen LogP contribution in [0.3, 0.4) is 0 Å². The first-order valence-electron chi connectivity index (χ1n) is 8.95. The first-order valence-corrected chi connectivity index (χ1v) is 8.95. The Hall–Kier alpha value is -3.22. The number of aromatic nitrogens is 4. The van der Waals surface area contributed by atoms with Gasteiger partial charge in [0.15, 0.2) is 5.82 Å². The number of fused-ring (bicyclic) bond motifs is 1. The molecule has 0 atom stereocenters. The van der Waals surface area contributed by atoms with Crippen molar-refractivity contribution in [1.82, 2.24) is 19.7 Å². The van der Waals surface area contributed by atoms with E-state index in [0.717, 1.165) is 17.9 Å². The van der Waals surface area contributed by atoms with Gasteiger partial charge >= 0.3 is 0 Å². The van der Waals surface area contributed by atoms with Crippen LogP contribution in [0.5, 0.6) is 0 Å². The summed E-state index contributed by atoms with van der Waals surface area (Å²) in [6.45, 7) is 7.99. The summed E-state index contributed by atoms with van der Waals surface area (Å²) in [5.74, 6) is 0.579. The van der Waals surface area contributed by atoms with Gasteiger partial charge in [-0.05, 0) is 45.0 Å². The standard InChI is InChI=1S/C20H22N6O/c1-20(2,3)25-11-10-24(16-6-4-5-7-17(16)25)19(27)15-8-9-18(22-12-15)26-14-21-13-23-26/h4-9,12-14H,10-11H2,1-3H3. The van der Waals surface area contributed by atoms with Crippen molar-refractivity contribution >= 4 is 17.3 Å². The van der Waals surface area contributed by atoms with Gasteiger partial charge in [-0.2, -0.15) is 5.10 Å². The summed E-state index contributed by atoms with van der Waals surface area (Å²) in [5, 5.41) is 4.05. The van der Waals surface area contributed by atoms with Crippen LogP contribution in [-0.4, -0.2) is 44.3 Å². The SMILES string of the molecule is CC(C)(C)N1CCN(C(=O)c2ccc(-n3cncn3)nc2)c2ccccc21. The van der Waals surface area contributed by atoms with E-state index in [1.807, 2.05) is 23.1 Å². The lowest BCUT2D eigenvalue weighted by atomic mass is 10.0. The van der Waals surface area contributed by atoms with Crippen molar-refractivity contribution < 1.29 is 4.79 Å². The molecule has 3 heterocycles. The monoisotopic (exact) mass is 362 g/mol. The molecule has 0 spiro atoms. The number of carbonyl (C=O) groups is 1.